The van der Waals surface area contributed by atoms with Crippen molar-refractivity contribution in [2.45, 2.75) is 232 Å². The van der Waals surface area contributed by atoms with Crippen LogP contribution in [0.4, 0.5) is 0 Å². The third kappa shape index (κ3) is 49.9. The predicted octanol–water partition coefficient (Wildman–Crippen LogP) is 11.4. The molecule has 0 aromatic heterocycles. The van der Waals surface area contributed by atoms with Gasteiger partial charge < -0.3 is 34.6 Å². The average Bonchev–Trinajstić information content (AvgIpc) is 3.13. The summed E-state index contributed by atoms with van der Waals surface area (Å²) in [7, 11) is -4.51. The molecule has 0 radical (unpaired) electrons. The number of aliphatic hydroxyl groups is 3. The first kappa shape index (κ1) is 54.0. The molecule has 5 N–H and O–H groups in total. The molecular weight excluding hydrogens is 679 g/mol. The van der Waals surface area contributed by atoms with E-state index in [1.807, 2.05) is 0 Å². The zero-order valence-corrected chi connectivity index (χ0v) is 35.2. The number of aliphatic hydroxyl groups excluding tert-OH is 3. The van der Waals surface area contributed by atoms with Crippen molar-refractivity contribution < 1.29 is 43.7 Å². The topological polar surface area (TPSA) is 146 Å². The van der Waals surface area contributed by atoms with Crippen molar-refractivity contribution in [1.82, 2.24) is 0 Å². The Morgan fingerprint density at radius 2 is 0.731 bits per heavy atom. The van der Waals surface area contributed by atoms with Gasteiger partial charge in [0.2, 0.25) is 0 Å². The van der Waals surface area contributed by atoms with Crippen molar-refractivity contribution in [3.63, 3.8) is 0 Å². The van der Waals surface area contributed by atoms with Gasteiger partial charge in [-0.15, -0.1) is 0 Å². The molecule has 0 saturated carbocycles. The Bertz CT molecular complexity index is 690. The number of rotatable bonds is 42. The van der Waals surface area contributed by atoms with E-state index in [9.17, 15) is 4.57 Å². The van der Waals surface area contributed by atoms with Crippen LogP contribution in [0.5, 0.6) is 0 Å². The van der Waals surface area contributed by atoms with Gasteiger partial charge in [0, 0.05) is 13.2 Å². The van der Waals surface area contributed by atoms with E-state index in [2.05, 4.69) is 13.8 Å². The molecule has 0 amide bonds. The normalized spacial score (nSPS) is 12.4. The minimum Gasteiger partial charge on any atom is -0.394 e. The lowest BCUT2D eigenvalue weighted by molar-refractivity contribution is -0.0429. The fourth-order valence-corrected chi connectivity index (χ4v) is 6.61. The van der Waals surface area contributed by atoms with E-state index in [0.717, 1.165) is 19.3 Å². The van der Waals surface area contributed by atoms with E-state index < -0.39 is 20.0 Å². The van der Waals surface area contributed by atoms with Crippen LogP contribution < -0.4 is 0 Å². The second-order valence-electron chi connectivity index (χ2n) is 15.0. The first-order valence-electron chi connectivity index (χ1n) is 22.1. The lowest BCUT2D eigenvalue weighted by Gasteiger charge is -2.18. The Labute approximate surface area is 322 Å². The highest BCUT2D eigenvalue weighted by molar-refractivity contribution is 7.46. The van der Waals surface area contributed by atoms with Crippen LogP contribution >= 0.6 is 7.82 Å². The molecular formula is C42H89O9P. The standard InChI is InChI=1S/C39H81O6P.C3H8O3/c1-3-5-7-9-11-13-15-17-19-21-23-25-27-29-31-33-35-43-37-39(38-45-46(40,41)42)44-36-34-32-30-28-26-24-22-20-18-16-14-12-10-8-6-4-2;4-1-3(6)2-5/h39H,3-38H2,1-2H3,(H2,40,41,42);3-6H,1-2H2/t39-;/m1./s1. The van der Waals surface area contributed by atoms with Gasteiger partial charge in [-0.3, -0.25) is 4.52 Å². The average molecular weight is 769 g/mol. The summed E-state index contributed by atoms with van der Waals surface area (Å²) < 4.78 is 27.6. The highest BCUT2D eigenvalue weighted by atomic mass is 31.2. The first-order chi connectivity index (χ1) is 25.3. The van der Waals surface area contributed by atoms with Crippen LogP contribution in [-0.4, -0.2) is 77.0 Å². The molecule has 0 aliphatic rings. The zero-order chi connectivity index (χ0) is 38.6. The Morgan fingerprint density at radius 3 is 1.00 bits per heavy atom. The number of phosphoric acid groups is 1. The van der Waals surface area contributed by atoms with Crippen molar-refractivity contribution in [2.75, 3.05) is 39.6 Å². The number of ether oxygens (including phenoxy) is 2. The summed E-state index contributed by atoms with van der Waals surface area (Å²) in [5, 5.41) is 24.0. The van der Waals surface area contributed by atoms with Gasteiger partial charge in [0.05, 0.1) is 26.4 Å². The summed E-state index contributed by atoms with van der Waals surface area (Å²) in [5.41, 5.74) is 0. The molecule has 316 valence electrons. The van der Waals surface area contributed by atoms with Gasteiger partial charge in [-0.05, 0) is 12.8 Å². The Hall–Kier alpha value is -0.0900. The van der Waals surface area contributed by atoms with E-state index in [1.54, 1.807) is 0 Å². The van der Waals surface area contributed by atoms with Gasteiger partial charge in [0.1, 0.15) is 12.2 Å². The molecule has 0 unspecified atom stereocenters. The van der Waals surface area contributed by atoms with Crippen LogP contribution in [0.3, 0.4) is 0 Å². The quantitative estimate of drug-likeness (QED) is 0.0302. The molecule has 0 heterocycles. The minimum absolute atomic E-state index is 0.137. The van der Waals surface area contributed by atoms with Crippen LogP contribution in [0.15, 0.2) is 0 Å². The second kappa shape index (κ2) is 45.3. The van der Waals surface area contributed by atoms with E-state index >= 15 is 0 Å². The summed E-state index contributed by atoms with van der Waals surface area (Å²) in [6, 6.07) is 0. The summed E-state index contributed by atoms with van der Waals surface area (Å²) in [6.07, 6.45) is 41.4. The van der Waals surface area contributed by atoms with E-state index in [-0.39, 0.29) is 19.8 Å². The molecule has 0 aromatic carbocycles. The lowest BCUT2D eigenvalue weighted by atomic mass is 10.0. The van der Waals surface area contributed by atoms with Gasteiger partial charge >= 0.3 is 7.82 Å². The lowest BCUT2D eigenvalue weighted by Crippen LogP contribution is -2.26. The molecule has 52 heavy (non-hydrogen) atoms. The molecule has 0 rings (SSSR count). The summed E-state index contributed by atoms with van der Waals surface area (Å²) in [5.74, 6) is 0. The summed E-state index contributed by atoms with van der Waals surface area (Å²) in [4.78, 5) is 18.2. The van der Waals surface area contributed by atoms with E-state index in [1.165, 1.54) is 186 Å². The zero-order valence-electron chi connectivity index (χ0n) is 34.3. The van der Waals surface area contributed by atoms with Crippen molar-refractivity contribution in [1.29, 1.82) is 0 Å². The fraction of sp³-hybridized carbons (Fsp3) is 1.00. The smallest absolute Gasteiger partial charge is 0.394 e. The van der Waals surface area contributed by atoms with Gasteiger partial charge in [-0.1, -0.05) is 206 Å². The summed E-state index contributed by atoms with van der Waals surface area (Å²) >= 11 is 0. The van der Waals surface area contributed by atoms with Gasteiger partial charge in [0.25, 0.3) is 0 Å². The summed E-state index contributed by atoms with van der Waals surface area (Å²) in [6.45, 7) is 5.25. The first-order valence-corrected chi connectivity index (χ1v) is 23.6. The van der Waals surface area contributed by atoms with Crippen LogP contribution in [0.2, 0.25) is 0 Å². The van der Waals surface area contributed by atoms with Crippen molar-refractivity contribution in [2.24, 2.45) is 0 Å². The van der Waals surface area contributed by atoms with Crippen LogP contribution in [0.1, 0.15) is 219 Å². The second-order valence-corrected chi connectivity index (χ2v) is 16.2. The van der Waals surface area contributed by atoms with Crippen molar-refractivity contribution >= 4 is 7.82 Å². The largest absolute Gasteiger partial charge is 0.469 e. The number of hydrogen-bond acceptors (Lipinski definition) is 7. The highest BCUT2D eigenvalue weighted by Gasteiger charge is 2.19. The van der Waals surface area contributed by atoms with Crippen molar-refractivity contribution in [3.05, 3.63) is 0 Å². The van der Waals surface area contributed by atoms with Crippen LogP contribution in [0, 0.1) is 0 Å². The number of phosphoric ester groups is 1. The molecule has 10 heteroatoms. The van der Waals surface area contributed by atoms with E-state index in [0.29, 0.717) is 19.8 Å². The molecule has 0 bridgehead atoms. The van der Waals surface area contributed by atoms with Gasteiger partial charge in [-0.25, -0.2) is 4.57 Å². The Kier molecular flexibility index (Phi) is 47.1. The minimum atomic E-state index is -4.51. The maximum absolute atomic E-state index is 11.2. The maximum Gasteiger partial charge on any atom is 0.469 e. The third-order valence-electron chi connectivity index (χ3n) is 9.65. The Balaban J connectivity index is 0. The van der Waals surface area contributed by atoms with Crippen LogP contribution in [0.25, 0.3) is 0 Å². The number of hydrogen-bond donors (Lipinski definition) is 5. The SMILES string of the molecule is CCCCCCCCCCCCCCCCCCOC[C@H](COP(=O)(O)O)OCCCCCCCCCCCCCCCCCC.OCC(O)CO. The van der Waals surface area contributed by atoms with Crippen molar-refractivity contribution in [3.8, 4) is 0 Å². The molecule has 0 saturated heterocycles. The molecule has 9 nitrogen and oxygen atoms in total. The van der Waals surface area contributed by atoms with Gasteiger partial charge in [0.15, 0.2) is 0 Å². The third-order valence-corrected chi connectivity index (χ3v) is 10.1. The Morgan fingerprint density at radius 1 is 0.442 bits per heavy atom. The molecule has 1 atom stereocenters. The number of unbranched alkanes of at least 4 members (excludes halogenated alkanes) is 30. The fourth-order valence-electron chi connectivity index (χ4n) is 6.25. The molecule has 0 spiro atoms. The molecule has 0 aliphatic heterocycles. The predicted molar refractivity (Wildman–Crippen MR) is 218 cm³/mol. The van der Waals surface area contributed by atoms with Crippen LogP contribution in [-0.2, 0) is 18.6 Å². The van der Waals surface area contributed by atoms with E-state index in [4.69, 9.17) is 39.1 Å². The molecule has 0 aromatic rings. The highest BCUT2D eigenvalue weighted by Crippen LogP contribution is 2.35. The molecule has 0 aliphatic carbocycles. The maximum atomic E-state index is 11.2. The molecule has 0 fully saturated rings. The monoisotopic (exact) mass is 769 g/mol. The van der Waals surface area contributed by atoms with Gasteiger partial charge in [-0.2, -0.15) is 0 Å².